The fourth-order valence-corrected chi connectivity index (χ4v) is 7.90. The van der Waals surface area contributed by atoms with Crippen molar-refractivity contribution in [3.63, 3.8) is 0 Å². The van der Waals surface area contributed by atoms with Crippen LogP contribution in [0, 0.1) is 24.7 Å². The summed E-state index contributed by atoms with van der Waals surface area (Å²) in [5.41, 5.74) is 6.05. The average Bonchev–Trinajstić information content (AvgIpc) is 2.99. The predicted molar refractivity (Wildman–Crippen MR) is 125 cm³/mol. The monoisotopic (exact) mass is 428 g/mol. The molecule has 30 heavy (non-hydrogen) atoms. The van der Waals surface area contributed by atoms with Crippen molar-refractivity contribution < 1.29 is 5.11 Å². The predicted octanol–water partition coefficient (Wildman–Crippen LogP) is 5.17. The zero-order valence-electron chi connectivity index (χ0n) is 18.3. The smallest absolute Gasteiger partial charge is 0.0843 e. The molecule has 0 spiro atoms. The number of rotatable bonds is 5. The van der Waals surface area contributed by atoms with Gasteiger partial charge in [0.15, 0.2) is 0 Å². The zero-order valence-corrected chi connectivity index (χ0v) is 19.1. The van der Waals surface area contributed by atoms with Gasteiger partial charge in [0.1, 0.15) is 0 Å². The molecule has 3 nitrogen and oxygen atoms in total. The van der Waals surface area contributed by atoms with E-state index in [4.69, 9.17) is 0 Å². The van der Waals surface area contributed by atoms with E-state index in [2.05, 4.69) is 35.0 Å². The number of hydrogen-bond acceptors (Lipinski definition) is 2. The lowest BCUT2D eigenvalue weighted by molar-refractivity contribution is -0.0253. The summed E-state index contributed by atoms with van der Waals surface area (Å²) in [6.45, 7) is 3.66. The van der Waals surface area contributed by atoms with Gasteiger partial charge in [-0.15, -0.1) is 12.4 Å². The molecular weight excluding hydrogens is 392 g/mol. The summed E-state index contributed by atoms with van der Waals surface area (Å²) in [7, 11) is 0. The Labute approximate surface area is 187 Å². The van der Waals surface area contributed by atoms with E-state index in [-0.39, 0.29) is 18.5 Å². The third-order valence-corrected chi connectivity index (χ3v) is 8.68. The highest BCUT2D eigenvalue weighted by Gasteiger charge is 2.50. The van der Waals surface area contributed by atoms with Gasteiger partial charge in [-0.25, -0.2) is 0 Å². The van der Waals surface area contributed by atoms with E-state index in [1.54, 1.807) is 5.56 Å². The quantitative estimate of drug-likeness (QED) is 0.689. The Morgan fingerprint density at radius 3 is 2.43 bits per heavy atom. The van der Waals surface area contributed by atoms with Crippen molar-refractivity contribution in [2.24, 2.45) is 17.8 Å². The van der Waals surface area contributed by atoms with Gasteiger partial charge in [0.2, 0.25) is 0 Å². The number of benzene rings is 1. The van der Waals surface area contributed by atoms with Gasteiger partial charge in [-0.05, 0) is 107 Å². The SMILES string of the molecule is Cc1ccc2c(c1)c1c(n2CC(O)CNC23CC4CC(CC(C4)C2)C3)CCCC1.Cl. The van der Waals surface area contributed by atoms with Gasteiger partial charge in [-0.1, -0.05) is 11.6 Å². The second kappa shape index (κ2) is 7.83. The zero-order chi connectivity index (χ0) is 19.6. The Kier molecular flexibility index (Phi) is 5.44. The fraction of sp³-hybridized carbons (Fsp3) is 0.692. The maximum Gasteiger partial charge on any atom is 0.0843 e. The summed E-state index contributed by atoms with van der Waals surface area (Å²) in [4.78, 5) is 0. The van der Waals surface area contributed by atoms with Crippen LogP contribution in [0.5, 0.6) is 0 Å². The molecule has 4 fully saturated rings. The number of aliphatic hydroxyl groups excluding tert-OH is 1. The van der Waals surface area contributed by atoms with Crippen LogP contribution in [0.25, 0.3) is 10.9 Å². The van der Waals surface area contributed by atoms with Crippen molar-refractivity contribution in [2.45, 2.75) is 89.3 Å². The van der Waals surface area contributed by atoms with Crippen LogP contribution in [0.2, 0.25) is 0 Å². The van der Waals surface area contributed by atoms with Crippen LogP contribution in [0.4, 0.5) is 0 Å². The first-order valence-corrected chi connectivity index (χ1v) is 12.1. The molecule has 7 rings (SSSR count). The van der Waals surface area contributed by atoms with Crippen molar-refractivity contribution in [1.29, 1.82) is 0 Å². The van der Waals surface area contributed by atoms with Gasteiger partial charge in [0.05, 0.1) is 12.6 Å². The number of nitrogens with one attached hydrogen (secondary N) is 1. The van der Waals surface area contributed by atoms with Crippen molar-refractivity contribution in [3.8, 4) is 0 Å². The topological polar surface area (TPSA) is 37.2 Å². The molecule has 5 aliphatic carbocycles. The van der Waals surface area contributed by atoms with E-state index in [1.165, 1.54) is 79.9 Å². The van der Waals surface area contributed by atoms with Crippen LogP contribution in [0.15, 0.2) is 18.2 Å². The third-order valence-electron chi connectivity index (χ3n) is 8.68. The fourth-order valence-electron chi connectivity index (χ4n) is 7.90. The molecule has 1 unspecified atom stereocenters. The van der Waals surface area contributed by atoms with Gasteiger partial charge >= 0.3 is 0 Å². The molecule has 164 valence electrons. The van der Waals surface area contributed by atoms with Crippen LogP contribution < -0.4 is 5.32 Å². The van der Waals surface area contributed by atoms with Crippen molar-refractivity contribution >= 4 is 23.3 Å². The highest BCUT2D eigenvalue weighted by Crippen LogP contribution is 2.55. The number of fused-ring (bicyclic) bond motifs is 3. The number of β-amino-alcohol motifs (C(OH)–C–C–N with tert-alkyl or cyclic N) is 1. The van der Waals surface area contributed by atoms with Crippen molar-refractivity contribution in [1.82, 2.24) is 9.88 Å². The van der Waals surface area contributed by atoms with Crippen LogP contribution in [-0.4, -0.2) is 27.9 Å². The highest BCUT2D eigenvalue weighted by atomic mass is 35.5. The molecular formula is C26H37ClN2O. The average molecular weight is 429 g/mol. The summed E-state index contributed by atoms with van der Waals surface area (Å²) in [6.07, 6.45) is 13.1. The molecule has 1 aromatic heterocycles. The first-order valence-electron chi connectivity index (χ1n) is 12.1. The molecule has 0 saturated heterocycles. The van der Waals surface area contributed by atoms with Crippen LogP contribution in [0.3, 0.4) is 0 Å². The summed E-state index contributed by atoms with van der Waals surface area (Å²) in [5, 5.41) is 16.4. The summed E-state index contributed by atoms with van der Waals surface area (Å²) < 4.78 is 2.45. The number of halogens is 1. The molecule has 4 heteroatoms. The van der Waals surface area contributed by atoms with E-state index in [0.717, 1.165) is 37.3 Å². The second-order valence-corrected chi connectivity index (χ2v) is 11.0. The van der Waals surface area contributed by atoms with Crippen LogP contribution >= 0.6 is 12.4 Å². The minimum Gasteiger partial charge on any atom is -0.390 e. The van der Waals surface area contributed by atoms with Gasteiger partial charge < -0.3 is 15.0 Å². The molecule has 0 amide bonds. The van der Waals surface area contributed by atoms with E-state index < -0.39 is 0 Å². The van der Waals surface area contributed by atoms with E-state index in [1.807, 2.05) is 0 Å². The Bertz CT molecular complexity index is 897. The first-order chi connectivity index (χ1) is 14.1. The minimum atomic E-state index is -0.314. The maximum absolute atomic E-state index is 11.1. The summed E-state index contributed by atoms with van der Waals surface area (Å²) >= 11 is 0. The molecule has 4 bridgehead atoms. The minimum absolute atomic E-state index is 0. The van der Waals surface area contributed by atoms with Gasteiger partial charge in [-0.3, -0.25) is 0 Å². The molecule has 4 saturated carbocycles. The van der Waals surface area contributed by atoms with E-state index in [9.17, 15) is 5.11 Å². The molecule has 0 radical (unpaired) electrons. The number of aliphatic hydroxyl groups is 1. The summed E-state index contributed by atoms with van der Waals surface area (Å²) in [5.74, 6) is 2.86. The standard InChI is InChI=1S/C26H36N2O.ClH/c1-17-6-7-25-23(8-17)22-4-2-3-5-24(22)28(25)16-21(29)15-27-26-12-18-9-19(13-26)11-20(10-18)14-26;/h6-8,18-21,27,29H,2-5,9-16H2,1H3;1H. The Balaban J connectivity index is 0.00000193. The molecule has 1 aromatic carbocycles. The lowest BCUT2D eigenvalue weighted by Gasteiger charge is -2.57. The number of nitrogens with zero attached hydrogens (tertiary/aromatic N) is 1. The molecule has 1 atom stereocenters. The van der Waals surface area contributed by atoms with Gasteiger partial charge in [0.25, 0.3) is 0 Å². The van der Waals surface area contributed by atoms with Crippen LogP contribution in [-0.2, 0) is 19.4 Å². The lowest BCUT2D eigenvalue weighted by Crippen LogP contribution is -2.59. The number of aromatic nitrogens is 1. The largest absolute Gasteiger partial charge is 0.390 e. The molecule has 1 heterocycles. The lowest BCUT2D eigenvalue weighted by atomic mass is 9.53. The molecule has 2 aromatic rings. The van der Waals surface area contributed by atoms with E-state index >= 15 is 0 Å². The Morgan fingerprint density at radius 2 is 1.73 bits per heavy atom. The van der Waals surface area contributed by atoms with Gasteiger partial charge in [-0.2, -0.15) is 0 Å². The van der Waals surface area contributed by atoms with E-state index in [0.29, 0.717) is 5.54 Å². The second-order valence-electron chi connectivity index (χ2n) is 11.0. The van der Waals surface area contributed by atoms with Crippen molar-refractivity contribution in [2.75, 3.05) is 6.54 Å². The van der Waals surface area contributed by atoms with Crippen LogP contribution in [0.1, 0.15) is 68.2 Å². The van der Waals surface area contributed by atoms with Gasteiger partial charge in [0, 0.05) is 28.7 Å². The summed E-state index contributed by atoms with van der Waals surface area (Å²) in [6, 6.07) is 6.86. The highest BCUT2D eigenvalue weighted by molar-refractivity contribution is 5.86. The molecule has 2 N–H and O–H groups in total. The van der Waals surface area contributed by atoms with Crippen molar-refractivity contribution in [3.05, 3.63) is 35.0 Å². The number of aryl methyl sites for hydroxylation is 2. The normalized spacial score (nSPS) is 32.8. The molecule has 0 aliphatic heterocycles. The first kappa shape index (κ1) is 20.8. The maximum atomic E-state index is 11.1. The molecule has 5 aliphatic rings. The Morgan fingerprint density at radius 1 is 1.07 bits per heavy atom. The number of hydrogen-bond donors (Lipinski definition) is 2. The third kappa shape index (κ3) is 3.51. The Hall–Kier alpha value is -1.03.